The Hall–Kier alpha value is -0.520. The Morgan fingerprint density at radius 2 is 2.13 bits per heavy atom. The highest BCUT2D eigenvalue weighted by molar-refractivity contribution is 8.00. The molecule has 0 aromatic heterocycles. The van der Waals surface area contributed by atoms with Crippen LogP contribution in [0.1, 0.15) is 18.1 Å². The Morgan fingerprint density at radius 3 is 2.73 bits per heavy atom. The largest absolute Gasteiger partial charge is 0.238 e. The predicted octanol–water partition coefficient (Wildman–Crippen LogP) is 1.68. The summed E-state index contributed by atoms with van der Waals surface area (Å²) in [6, 6.07) is 3.64. The summed E-state index contributed by atoms with van der Waals surface area (Å²) in [5.74, 6) is 0. The van der Waals surface area contributed by atoms with Gasteiger partial charge in [-0.2, -0.15) is 0 Å². The highest BCUT2D eigenvalue weighted by Crippen LogP contribution is 2.38. The Kier molecular flexibility index (Phi) is 2.56. The fourth-order valence-electron chi connectivity index (χ4n) is 1.87. The molecule has 1 aromatic carbocycles. The van der Waals surface area contributed by atoms with Crippen LogP contribution in [0.4, 0.5) is 0 Å². The third kappa shape index (κ3) is 2.04. The van der Waals surface area contributed by atoms with Gasteiger partial charge in [-0.05, 0) is 30.5 Å². The van der Waals surface area contributed by atoms with Gasteiger partial charge in [-0.25, -0.2) is 13.6 Å². The average Bonchev–Trinajstić information content (AvgIpc) is 2.40. The van der Waals surface area contributed by atoms with E-state index in [0.29, 0.717) is 5.25 Å². The van der Waals surface area contributed by atoms with Gasteiger partial charge in [0.25, 0.3) is 0 Å². The van der Waals surface area contributed by atoms with Crippen molar-refractivity contribution in [1.82, 2.24) is 0 Å². The smallest absolute Gasteiger partial charge is 0.225 e. The van der Waals surface area contributed by atoms with Crippen LogP contribution in [0.5, 0.6) is 0 Å². The third-order valence-electron chi connectivity index (χ3n) is 2.50. The maximum atomic E-state index is 11.3. The molecule has 0 saturated carbocycles. The lowest BCUT2D eigenvalue weighted by atomic mass is 10.1. The fraction of sp³-hybridized carbons (Fsp3) is 0.400. The molecule has 0 radical (unpaired) electrons. The van der Waals surface area contributed by atoms with Crippen LogP contribution >= 0.6 is 11.8 Å². The first kappa shape index (κ1) is 11.0. The zero-order chi connectivity index (χ0) is 11.2. The lowest BCUT2D eigenvalue weighted by Crippen LogP contribution is -2.13. The molecule has 0 aliphatic carbocycles. The minimum atomic E-state index is -3.59. The number of thioether (sulfide) groups is 1. The van der Waals surface area contributed by atoms with Gasteiger partial charge in [0.2, 0.25) is 10.0 Å². The van der Waals surface area contributed by atoms with E-state index in [1.807, 2.05) is 6.07 Å². The standard InChI is InChI=1S/C10H13NO2S2/c1-6-3-8-4-7(2)14-9(8)5-10(6)15(11,12)13/h3,5,7H,4H2,1-2H3,(H2,11,12,13). The summed E-state index contributed by atoms with van der Waals surface area (Å²) in [6.45, 7) is 3.92. The van der Waals surface area contributed by atoms with Crippen molar-refractivity contribution in [2.24, 2.45) is 5.14 Å². The SMILES string of the molecule is Cc1cc2c(cc1S(N)(=O)=O)SC(C)C2. The molecule has 82 valence electrons. The summed E-state index contributed by atoms with van der Waals surface area (Å²) in [5.41, 5.74) is 1.98. The van der Waals surface area contributed by atoms with Crippen LogP contribution in [-0.2, 0) is 16.4 Å². The van der Waals surface area contributed by atoms with E-state index in [0.717, 1.165) is 16.9 Å². The quantitative estimate of drug-likeness (QED) is 0.816. The van der Waals surface area contributed by atoms with Gasteiger partial charge in [0.05, 0.1) is 4.90 Å². The molecule has 0 amide bonds. The summed E-state index contributed by atoms with van der Waals surface area (Å²) in [4.78, 5) is 1.31. The molecule has 0 fully saturated rings. The fourth-order valence-corrected chi connectivity index (χ4v) is 3.91. The van der Waals surface area contributed by atoms with Crippen LogP contribution in [-0.4, -0.2) is 13.7 Å². The van der Waals surface area contributed by atoms with Crippen molar-refractivity contribution in [3.8, 4) is 0 Å². The molecule has 1 aliphatic heterocycles. The van der Waals surface area contributed by atoms with Gasteiger partial charge in [0.15, 0.2) is 0 Å². The molecule has 2 rings (SSSR count). The second-order valence-corrected chi connectivity index (χ2v) is 6.91. The first-order chi connectivity index (χ1) is 6.88. The van der Waals surface area contributed by atoms with Crippen LogP contribution in [0.15, 0.2) is 21.9 Å². The molecule has 0 spiro atoms. The number of hydrogen-bond donors (Lipinski definition) is 1. The molecule has 0 bridgehead atoms. The van der Waals surface area contributed by atoms with E-state index in [1.165, 1.54) is 5.56 Å². The number of rotatable bonds is 1. The summed E-state index contributed by atoms with van der Waals surface area (Å²) in [5, 5.41) is 5.67. The lowest BCUT2D eigenvalue weighted by Gasteiger charge is -2.06. The minimum absolute atomic E-state index is 0.253. The second-order valence-electron chi connectivity index (χ2n) is 3.90. The number of aryl methyl sites for hydroxylation is 1. The van der Waals surface area contributed by atoms with Crippen LogP contribution < -0.4 is 5.14 Å². The lowest BCUT2D eigenvalue weighted by molar-refractivity contribution is 0.597. The molecule has 1 atom stereocenters. The van der Waals surface area contributed by atoms with Gasteiger partial charge in [0, 0.05) is 10.1 Å². The summed E-state index contributed by atoms with van der Waals surface area (Å²) < 4.78 is 22.6. The Balaban J connectivity index is 2.59. The molecular weight excluding hydrogens is 230 g/mol. The highest BCUT2D eigenvalue weighted by atomic mass is 32.2. The van der Waals surface area contributed by atoms with Crippen LogP contribution in [0, 0.1) is 6.92 Å². The Morgan fingerprint density at radius 1 is 1.47 bits per heavy atom. The normalized spacial score (nSPS) is 20.3. The van der Waals surface area contributed by atoms with E-state index < -0.39 is 10.0 Å². The molecule has 5 heteroatoms. The molecule has 1 unspecified atom stereocenters. The zero-order valence-corrected chi connectivity index (χ0v) is 10.3. The first-order valence-electron chi connectivity index (χ1n) is 4.71. The van der Waals surface area contributed by atoms with Gasteiger partial charge < -0.3 is 0 Å². The van der Waals surface area contributed by atoms with Crippen molar-refractivity contribution in [3.05, 3.63) is 23.3 Å². The van der Waals surface area contributed by atoms with Crippen LogP contribution in [0.3, 0.4) is 0 Å². The summed E-state index contributed by atoms with van der Waals surface area (Å²) in [7, 11) is -3.59. The molecule has 2 N–H and O–H groups in total. The van der Waals surface area contributed by atoms with Gasteiger partial charge in [-0.1, -0.05) is 13.0 Å². The van der Waals surface area contributed by atoms with Crippen molar-refractivity contribution in [2.75, 3.05) is 0 Å². The number of hydrogen-bond acceptors (Lipinski definition) is 3. The van der Waals surface area contributed by atoms with Crippen molar-refractivity contribution >= 4 is 21.8 Å². The number of fused-ring (bicyclic) bond motifs is 1. The molecule has 0 saturated heterocycles. The molecule has 1 aliphatic rings. The number of benzene rings is 1. The van der Waals surface area contributed by atoms with Gasteiger partial charge >= 0.3 is 0 Å². The van der Waals surface area contributed by atoms with E-state index >= 15 is 0 Å². The van der Waals surface area contributed by atoms with E-state index in [-0.39, 0.29) is 4.90 Å². The van der Waals surface area contributed by atoms with E-state index in [4.69, 9.17) is 5.14 Å². The molecule has 3 nitrogen and oxygen atoms in total. The highest BCUT2D eigenvalue weighted by Gasteiger charge is 2.22. The van der Waals surface area contributed by atoms with Gasteiger partial charge in [-0.15, -0.1) is 11.8 Å². The molecule has 15 heavy (non-hydrogen) atoms. The van der Waals surface area contributed by atoms with Crippen molar-refractivity contribution in [2.45, 2.75) is 35.3 Å². The monoisotopic (exact) mass is 243 g/mol. The predicted molar refractivity (Wildman–Crippen MR) is 61.6 cm³/mol. The first-order valence-corrected chi connectivity index (χ1v) is 7.13. The average molecular weight is 243 g/mol. The van der Waals surface area contributed by atoms with E-state index in [2.05, 4.69) is 6.92 Å². The van der Waals surface area contributed by atoms with Crippen molar-refractivity contribution in [3.63, 3.8) is 0 Å². The van der Waals surface area contributed by atoms with Crippen LogP contribution in [0.2, 0.25) is 0 Å². The van der Waals surface area contributed by atoms with E-state index in [9.17, 15) is 8.42 Å². The number of primary sulfonamides is 1. The number of nitrogens with two attached hydrogens (primary N) is 1. The molecular formula is C10H13NO2S2. The summed E-state index contributed by atoms with van der Waals surface area (Å²) in [6.07, 6.45) is 1.01. The Labute approximate surface area is 94.1 Å². The maximum Gasteiger partial charge on any atom is 0.238 e. The summed E-state index contributed by atoms with van der Waals surface area (Å²) >= 11 is 1.71. The third-order valence-corrected chi connectivity index (χ3v) is 4.76. The van der Waals surface area contributed by atoms with Crippen molar-refractivity contribution in [1.29, 1.82) is 0 Å². The Bertz CT molecular complexity index is 508. The topological polar surface area (TPSA) is 60.2 Å². The second kappa shape index (κ2) is 3.50. The van der Waals surface area contributed by atoms with Gasteiger partial charge in [0.1, 0.15) is 0 Å². The molecule has 1 aromatic rings. The number of sulfonamides is 1. The molecule has 1 heterocycles. The van der Waals surface area contributed by atoms with Crippen molar-refractivity contribution < 1.29 is 8.42 Å². The minimum Gasteiger partial charge on any atom is -0.225 e. The van der Waals surface area contributed by atoms with E-state index in [1.54, 1.807) is 24.8 Å². The van der Waals surface area contributed by atoms with Gasteiger partial charge in [-0.3, -0.25) is 0 Å². The zero-order valence-electron chi connectivity index (χ0n) is 8.65. The van der Waals surface area contributed by atoms with Crippen LogP contribution in [0.25, 0.3) is 0 Å². The maximum absolute atomic E-state index is 11.3.